The van der Waals surface area contributed by atoms with Crippen molar-refractivity contribution in [3.8, 4) is 0 Å². The summed E-state index contributed by atoms with van der Waals surface area (Å²) in [7, 11) is 0. The summed E-state index contributed by atoms with van der Waals surface area (Å²) in [6.07, 6.45) is 2.59. The lowest BCUT2D eigenvalue weighted by molar-refractivity contribution is 0.124. The molecule has 1 aliphatic heterocycles. The Balaban J connectivity index is 2.06. The van der Waals surface area contributed by atoms with Crippen molar-refractivity contribution in [2.75, 3.05) is 13.1 Å². The van der Waals surface area contributed by atoms with E-state index < -0.39 is 0 Å². The van der Waals surface area contributed by atoms with Gasteiger partial charge in [-0.1, -0.05) is 13.8 Å². The third-order valence-electron chi connectivity index (χ3n) is 4.04. The van der Waals surface area contributed by atoms with Gasteiger partial charge in [0.15, 0.2) is 0 Å². The first kappa shape index (κ1) is 14.1. The molecule has 1 aromatic heterocycles. The molecule has 2 heterocycles. The fourth-order valence-corrected chi connectivity index (χ4v) is 2.96. The Kier molecular flexibility index (Phi) is 4.17. The summed E-state index contributed by atoms with van der Waals surface area (Å²) in [6.45, 7) is 13.3. The molecule has 4 heteroatoms. The van der Waals surface area contributed by atoms with Gasteiger partial charge in [-0.05, 0) is 61.1 Å². The number of nitrogens with zero attached hydrogens (tertiary/aromatic N) is 3. The van der Waals surface area contributed by atoms with Crippen LogP contribution < -0.4 is 0 Å². The van der Waals surface area contributed by atoms with Crippen LogP contribution in [0, 0.1) is 12.3 Å². The van der Waals surface area contributed by atoms with Crippen molar-refractivity contribution < 1.29 is 0 Å². The van der Waals surface area contributed by atoms with Gasteiger partial charge in [0.2, 0.25) is 0 Å². The molecular weight excluding hydrogens is 290 g/mol. The maximum Gasteiger partial charge on any atom is 0.0739 e. The van der Waals surface area contributed by atoms with Crippen molar-refractivity contribution in [1.29, 1.82) is 0 Å². The molecule has 1 aromatic rings. The van der Waals surface area contributed by atoms with Gasteiger partial charge in [0, 0.05) is 13.1 Å². The topological polar surface area (TPSA) is 21.1 Å². The molecule has 0 amide bonds. The van der Waals surface area contributed by atoms with Gasteiger partial charge in [-0.3, -0.25) is 9.58 Å². The number of hydrogen-bond donors (Lipinski definition) is 0. The van der Waals surface area contributed by atoms with Crippen LogP contribution >= 0.6 is 15.9 Å². The lowest BCUT2D eigenvalue weighted by Gasteiger charge is -2.36. The normalized spacial score (nSPS) is 20.3. The highest BCUT2D eigenvalue weighted by molar-refractivity contribution is 9.10. The fraction of sp³-hybridized carbons (Fsp3) is 0.786. The fourth-order valence-electron chi connectivity index (χ4n) is 2.55. The highest BCUT2D eigenvalue weighted by Gasteiger charge is 2.26. The third kappa shape index (κ3) is 2.97. The molecule has 1 fully saturated rings. The van der Waals surface area contributed by atoms with Crippen LogP contribution in [0.3, 0.4) is 0 Å². The second-order valence-electron chi connectivity index (χ2n) is 6.10. The number of aryl methyl sites for hydroxylation is 2. The van der Waals surface area contributed by atoms with E-state index in [1.807, 2.05) is 0 Å². The standard InChI is InChI=1S/C14H24BrN3/c1-5-18-12(13(15)11(2)16-18)10-17-8-6-14(3,4)7-9-17/h5-10H2,1-4H3. The van der Waals surface area contributed by atoms with Gasteiger partial charge in [-0.25, -0.2) is 0 Å². The molecule has 0 saturated carbocycles. The van der Waals surface area contributed by atoms with Crippen molar-refractivity contribution in [2.24, 2.45) is 5.41 Å². The molecule has 0 spiro atoms. The van der Waals surface area contributed by atoms with Gasteiger partial charge < -0.3 is 0 Å². The van der Waals surface area contributed by atoms with Gasteiger partial charge in [-0.2, -0.15) is 5.10 Å². The smallest absolute Gasteiger partial charge is 0.0739 e. The predicted molar refractivity (Wildman–Crippen MR) is 78.6 cm³/mol. The SMILES string of the molecule is CCn1nc(C)c(Br)c1CN1CCC(C)(C)CC1. The minimum atomic E-state index is 0.522. The van der Waals surface area contributed by atoms with E-state index in [-0.39, 0.29) is 0 Å². The maximum absolute atomic E-state index is 4.57. The van der Waals surface area contributed by atoms with E-state index in [4.69, 9.17) is 0 Å². The van der Waals surface area contributed by atoms with E-state index in [1.54, 1.807) is 0 Å². The molecule has 0 unspecified atom stereocenters. The largest absolute Gasteiger partial charge is 0.297 e. The van der Waals surface area contributed by atoms with Crippen LogP contribution in [-0.2, 0) is 13.1 Å². The van der Waals surface area contributed by atoms with E-state index in [0.717, 1.165) is 18.8 Å². The van der Waals surface area contributed by atoms with Gasteiger partial charge in [0.25, 0.3) is 0 Å². The number of aromatic nitrogens is 2. The number of hydrogen-bond acceptors (Lipinski definition) is 2. The molecule has 102 valence electrons. The summed E-state index contributed by atoms with van der Waals surface area (Å²) in [5.74, 6) is 0. The van der Waals surface area contributed by atoms with Crippen LogP contribution in [0.2, 0.25) is 0 Å². The first-order chi connectivity index (χ1) is 8.43. The first-order valence-corrected chi connectivity index (χ1v) is 7.66. The lowest BCUT2D eigenvalue weighted by Crippen LogP contribution is -2.37. The summed E-state index contributed by atoms with van der Waals surface area (Å²) in [5.41, 5.74) is 2.95. The zero-order valence-electron chi connectivity index (χ0n) is 12.0. The zero-order chi connectivity index (χ0) is 13.3. The number of rotatable bonds is 3. The van der Waals surface area contributed by atoms with E-state index in [2.05, 4.69) is 58.3 Å². The van der Waals surface area contributed by atoms with E-state index in [9.17, 15) is 0 Å². The van der Waals surface area contributed by atoms with E-state index >= 15 is 0 Å². The van der Waals surface area contributed by atoms with Crippen molar-refractivity contribution >= 4 is 15.9 Å². The summed E-state index contributed by atoms with van der Waals surface area (Å²) in [4.78, 5) is 2.55. The average Bonchev–Trinajstić information content (AvgIpc) is 2.59. The van der Waals surface area contributed by atoms with Crippen molar-refractivity contribution in [3.63, 3.8) is 0 Å². The van der Waals surface area contributed by atoms with Crippen LogP contribution in [0.5, 0.6) is 0 Å². The molecule has 2 rings (SSSR count). The minimum absolute atomic E-state index is 0.522. The molecule has 18 heavy (non-hydrogen) atoms. The number of piperidine rings is 1. The van der Waals surface area contributed by atoms with Crippen molar-refractivity contribution in [2.45, 2.75) is 53.6 Å². The summed E-state index contributed by atoms with van der Waals surface area (Å²) in [5, 5.41) is 4.57. The zero-order valence-corrected chi connectivity index (χ0v) is 13.5. The van der Waals surface area contributed by atoms with Crippen LogP contribution in [-0.4, -0.2) is 27.8 Å². The van der Waals surface area contributed by atoms with Gasteiger partial charge in [0.1, 0.15) is 0 Å². The van der Waals surface area contributed by atoms with Crippen molar-refractivity contribution in [3.05, 3.63) is 15.9 Å². The molecule has 1 aliphatic rings. The number of halogens is 1. The Bertz CT molecular complexity index is 413. The quantitative estimate of drug-likeness (QED) is 0.850. The van der Waals surface area contributed by atoms with Crippen LogP contribution in [0.25, 0.3) is 0 Å². The highest BCUT2D eigenvalue weighted by atomic mass is 79.9. The van der Waals surface area contributed by atoms with Gasteiger partial charge in [0.05, 0.1) is 15.9 Å². The molecule has 0 atom stereocenters. The summed E-state index contributed by atoms with van der Waals surface area (Å²) < 4.78 is 3.31. The summed E-state index contributed by atoms with van der Waals surface area (Å²) in [6, 6.07) is 0. The van der Waals surface area contributed by atoms with Crippen LogP contribution in [0.1, 0.15) is 45.0 Å². The van der Waals surface area contributed by atoms with Gasteiger partial charge in [-0.15, -0.1) is 0 Å². The monoisotopic (exact) mass is 313 g/mol. The Morgan fingerprint density at radius 3 is 2.44 bits per heavy atom. The third-order valence-corrected chi connectivity index (χ3v) is 5.07. The Labute approximate surface area is 119 Å². The molecule has 0 N–H and O–H groups in total. The maximum atomic E-state index is 4.57. The molecule has 1 saturated heterocycles. The predicted octanol–water partition coefficient (Wildman–Crippen LogP) is 3.60. The Morgan fingerprint density at radius 2 is 1.89 bits per heavy atom. The molecule has 0 bridgehead atoms. The molecule has 0 aliphatic carbocycles. The number of likely N-dealkylation sites (tertiary alicyclic amines) is 1. The van der Waals surface area contributed by atoms with Crippen LogP contribution in [0.15, 0.2) is 4.47 Å². The minimum Gasteiger partial charge on any atom is -0.297 e. The van der Waals surface area contributed by atoms with E-state index in [0.29, 0.717) is 5.41 Å². The lowest BCUT2D eigenvalue weighted by atomic mass is 9.83. The summed E-state index contributed by atoms with van der Waals surface area (Å²) >= 11 is 3.68. The molecule has 3 nitrogen and oxygen atoms in total. The Hall–Kier alpha value is -0.350. The van der Waals surface area contributed by atoms with Gasteiger partial charge >= 0.3 is 0 Å². The molecule has 0 radical (unpaired) electrons. The Morgan fingerprint density at radius 1 is 1.28 bits per heavy atom. The van der Waals surface area contributed by atoms with Crippen molar-refractivity contribution in [1.82, 2.24) is 14.7 Å². The highest BCUT2D eigenvalue weighted by Crippen LogP contribution is 2.31. The second kappa shape index (κ2) is 5.33. The second-order valence-corrected chi connectivity index (χ2v) is 6.90. The molecular formula is C14H24BrN3. The first-order valence-electron chi connectivity index (χ1n) is 6.87. The average molecular weight is 314 g/mol. The van der Waals surface area contributed by atoms with E-state index in [1.165, 1.54) is 36.1 Å². The molecule has 0 aromatic carbocycles. The van der Waals surface area contributed by atoms with Crippen LogP contribution in [0.4, 0.5) is 0 Å².